The summed E-state index contributed by atoms with van der Waals surface area (Å²) in [6.45, 7) is 0. The monoisotopic (exact) mass is 208 g/mol. The van der Waals surface area contributed by atoms with Crippen LogP contribution in [0.15, 0.2) is 18.2 Å². The zero-order valence-corrected chi connectivity index (χ0v) is 8.53. The lowest BCUT2D eigenvalue weighted by atomic mass is 10.1. The molecule has 1 rings (SSSR count). The molecular weight excluding hydrogens is 196 g/mol. The van der Waals surface area contributed by atoms with Gasteiger partial charge in [0.05, 0.1) is 12.7 Å². The Morgan fingerprint density at radius 3 is 2.40 bits per heavy atom. The van der Waals surface area contributed by atoms with Crippen LogP contribution >= 0.6 is 0 Å². The van der Waals surface area contributed by atoms with E-state index in [2.05, 4.69) is 10.1 Å². The van der Waals surface area contributed by atoms with E-state index >= 15 is 0 Å². The van der Waals surface area contributed by atoms with Crippen LogP contribution in [0.5, 0.6) is 0 Å². The minimum atomic E-state index is -0.521. The van der Waals surface area contributed by atoms with Crippen molar-refractivity contribution in [1.82, 2.24) is 5.32 Å². The fourth-order valence-electron chi connectivity index (χ4n) is 1.16. The van der Waals surface area contributed by atoms with E-state index in [1.165, 1.54) is 32.4 Å². The van der Waals surface area contributed by atoms with Crippen LogP contribution in [-0.4, -0.2) is 26.0 Å². The third-order valence-electron chi connectivity index (χ3n) is 1.87. The van der Waals surface area contributed by atoms with Gasteiger partial charge in [0.2, 0.25) is 0 Å². The Morgan fingerprint density at radius 2 is 1.87 bits per heavy atom. The van der Waals surface area contributed by atoms with Crippen molar-refractivity contribution in [1.29, 1.82) is 0 Å². The van der Waals surface area contributed by atoms with Gasteiger partial charge in [-0.05, 0) is 18.2 Å². The summed E-state index contributed by atoms with van der Waals surface area (Å²) in [6, 6.07) is 4.38. The maximum Gasteiger partial charge on any atom is 0.337 e. The molecular formula is C10H12N2O3. The fraction of sp³-hybridized carbons (Fsp3) is 0.200. The first kappa shape index (κ1) is 11.0. The van der Waals surface area contributed by atoms with Crippen LogP contribution in [0, 0.1) is 0 Å². The average molecular weight is 208 g/mol. The average Bonchev–Trinajstić information content (AvgIpc) is 2.26. The Morgan fingerprint density at radius 1 is 1.27 bits per heavy atom. The van der Waals surface area contributed by atoms with Gasteiger partial charge >= 0.3 is 5.97 Å². The maximum atomic E-state index is 11.3. The van der Waals surface area contributed by atoms with E-state index in [9.17, 15) is 9.59 Å². The van der Waals surface area contributed by atoms with E-state index in [1.54, 1.807) is 0 Å². The van der Waals surface area contributed by atoms with E-state index in [-0.39, 0.29) is 11.5 Å². The molecule has 1 aromatic rings. The number of ether oxygens (including phenoxy) is 1. The Balaban J connectivity index is 3.16. The Labute approximate surface area is 87.2 Å². The van der Waals surface area contributed by atoms with E-state index in [1.807, 2.05) is 0 Å². The van der Waals surface area contributed by atoms with Gasteiger partial charge in [-0.3, -0.25) is 4.79 Å². The van der Waals surface area contributed by atoms with Crippen molar-refractivity contribution in [2.75, 3.05) is 19.9 Å². The van der Waals surface area contributed by atoms with Crippen molar-refractivity contribution in [3.8, 4) is 0 Å². The smallest absolute Gasteiger partial charge is 0.337 e. The van der Waals surface area contributed by atoms with Crippen LogP contribution < -0.4 is 11.1 Å². The van der Waals surface area contributed by atoms with Gasteiger partial charge in [-0.15, -0.1) is 0 Å². The number of esters is 1. The summed E-state index contributed by atoms with van der Waals surface area (Å²) in [5, 5.41) is 2.45. The van der Waals surface area contributed by atoms with Crippen molar-refractivity contribution < 1.29 is 14.3 Å². The van der Waals surface area contributed by atoms with Gasteiger partial charge in [0, 0.05) is 18.3 Å². The van der Waals surface area contributed by atoms with Crippen molar-refractivity contribution >= 4 is 17.6 Å². The van der Waals surface area contributed by atoms with Gasteiger partial charge in [-0.1, -0.05) is 0 Å². The molecule has 0 aliphatic carbocycles. The summed E-state index contributed by atoms with van der Waals surface area (Å²) in [5.74, 6) is -0.820. The molecule has 0 fully saturated rings. The number of amides is 1. The molecule has 80 valence electrons. The molecule has 3 N–H and O–H groups in total. The van der Waals surface area contributed by atoms with Crippen LogP contribution in [0.4, 0.5) is 5.69 Å². The highest BCUT2D eigenvalue weighted by molar-refractivity contribution is 5.99. The molecule has 0 aliphatic heterocycles. The summed E-state index contributed by atoms with van der Waals surface area (Å²) in [6.07, 6.45) is 0. The number of anilines is 1. The van der Waals surface area contributed by atoms with Gasteiger partial charge in [-0.2, -0.15) is 0 Å². The van der Waals surface area contributed by atoms with Gasteiger partial charge in [-0.25, -0.2) is 4.79 Å². The summed E-state index contributed by atoms with van der Waals surface area (Å²) in [5.41, 5.74) is 6.49. The predicted octanol–water partition coefficient (Wildman–Crippen LogP) is 0.415. The third-order valence-corrected chi connectivity index (χ3v) is 1.87. The Kier molecular flexibility index (Phi) is 3.28. The molecule has 0 unspecified atom stereocenters. The third kappa shape index (κ3) is 2.46. The standard InChI is InChI=1S/C10H12N2O3/c1-12-9(13)6-3-7(10(14)15-2)5-8(11)4-6/h3-5H,11H2,1-2H3,(H,12,13). The SMILES string of the molecule is CNC(=O)c1cc(N)cc(C(=O)OC)c1. The zero-order chi connectivity index (χ0) is 11.4. The number of hydrogen-bond acceptors (Lipinski definition) is 4. The second-order valence-electron chi connectivity index (χ2n) is 2.91. The van der Waals surface area contributed by atoms with Gasteiger partial charge in [0.25, 0.3) is 5.91 Å². The van der Waals surface area contributed by atoms with Gasteiger partial charge in [0.1, 0.15) is 0 Å². The van der Waals surface area contributed by atoms with Crippen molar-refractivity contribution in [3.63, 3.8) is 0 Å². The molecule has 0 heterocycles. The number of carbonyl (C=O) groups is 2. The summed E-state index contributed by atoms with van der Waals surface area (Å²) >= 11 is 0. The van der Waals surface area contributed by atoms with E-state index in [0.29, 0.717) is 11.3 Å². The molecule has 1 aromatic carbocycles. The predicted molar refractivity (Wildman–Crippen MR) is 55.6 cm³/mol. The highest BCUT2D eigenvalue weighted by Crippen LogP contribution is 2.12. The molecule has 0 atom stereocenters. The van der Waals surface area contributed by atoms with Crippen LogP contribution in [0.1, 0.15) is 20.7 Å². The van der Waals surface area contributed by atoms with E-state index in [4.69, 9.17) is 5.73 Å². The largest absolute Gasteiger partial charge is 0.465 e. The zero-order valence-electron chi connectivity index (χ0n) is 8.53. The number of nitrogens with one attached hydrogen (secondary N) is 1. The molecule has 5 heteroatoms. The molecule has 0 spiro atoms. The molecule has 5 nitrogen and oxygen atoms in total. The lowest BCUT2D eigenvalue weighted by Gasteiger charge is -2.04. The lowest BCUT2D eigenvalue weighted by Crippen LogP contribution is -2.18. The number of carbonyl (C=O) groups excluding carboxylic acids is 2. The molecule has 0 radical (unpaired) electrons. The lowest BCUT2D eigenvalue weighted by molar-refractivity contribution is 0.0601. The number of nitrogens with two attached hydrogens (primary N) is 1. The molecule has 1 amide bonds. The Bertz CT molecular complexity index is 367. The molecule has 0 aromatic heterocycles. The van der Waals surface area contributed by atoms with Gasteiger partial charge < -0.3 is 15.8 Å². The van der Waals surface area contributed by atoms with E-state index < -0.39 is 5.97 Å². The second-order valence-corrected chi connectivity index (χ2v) is 2.91. The minimum absolute atomic E-state index is 0.260. The maximum absolute atomic E-state index is 11.3. The number of nitrogen functional groups attached to an aromatic ring is 1. The fourth-order valence-corrected chi connectivity index (χ4v) is 1.16. The van der Waals surface area contributed by atoms with Crippen LogP contribution in [0.2, 0.25) is 0 Å². The molecule has 0 saturated heterocycles. The first-order valence-corrected chi connectivity index (χ1v) is 4.29. The quantitative estimate of drug-likeness (QED) is 0.545. The number of methoxy groups -OCH3 is 1. The van der Waals surface area contributed by atoms with Crippen LogP contribution in [-0.2, 0) is 4.74 Å². The van der Waals surface area contributed by atoms with Crippen LogP contribution in [0.3, 0.4) is 0 Å². The van der Waals surface area contributed by atoms with Crippen molar-refractivity contribution in [3.05, 3.63) is 29.3 Å². The highest BCUT2D eigenvalue weighted by Gasteiger charge is 2.11. The molecule has 15 heavy (non-hydrogen) atoms. The molecule has 0 saturated carbocycles. The minimum Gasteiger partial charge on any atom is -0.465 e. The Hall–Kier alpha value is -2.04. The molecule has 0 aliphatic rings. The number of rotatable bonds is 2. The van der Waals surface area contributed by atoms with Crippen molar-refractivity contribution in [2.24, 2.45) is 0 Å². The van der Waals surface area contributed by atoms with E-state index in [0.717, 1.165) is 0 Å². The summed E-state index contributed by atoms with van der Waals surface area (Å²) < 4.78 is 4.53. The summed E-state index contributed by atoms with van der Waals surface area (Å²) in [4.78, 5) is 22.5. The second kappa shape index (κ2) is 4.45. The number of benzene rings is 1. The summed E-state index contributed by atoms with van der Waals surface area (Å²) in [7, 11) is 2.77. The first-order chi connectivity index (χ1) is 7.08. The van der Waals surface area contributed by atoms with Crippen molar-refractivity contribution in [2.45, 2.75) is 0 Å². The van der Waals surface area contributed by atoms with Gasteiger partial charge in [0.15, 0.2) is 0 Å². The highest BCUT2D eigenvalue weighted by atomic mass is 16.5. The number of hydrogen-bond donors (Lipinski definition) is 2. The topological polar surface area (TPSA) is 81.4 Å². The normalized spacial score (nSPS) is 9.47. The first-order valence-electron chi connectivity index (χ1n) is 4.29. The van der Waals surface area contributed by atoms with Crippen LogP contribution in [0.25, 0.3) is 0 Å². The molecule has 0 bridgehead atoms.